The number of esters is 1. The maximum atomic E-state index is 11.7. The van der Waals surface area contributed by atoms with E-state index in [-0.39, 0.29) is 5.97 Å². The minimum atomic E-state index is -0.311. The molecule has 0 bridgehead atoms. The van der Waals surface area contributed by atoms with Gasteiger partial charge in [0.15, 0.2) is 0 Å². The third-order valence-electron chi connectivity index (χ3n) is 2.30. The van der Waals surface area contributed by atoms with E-state index < -0.39 is 0 Å². The Morgan fingerprint density at radius 2 is 2.31 bits per heavy atom. The van der Waals surface area contributed by atoms with Gasteiger partial charge in [0.1, 0.15) is 5.75 Å². The minimum absolute atomic E-state index is 0.311. The molecule has 3 nitrogen and oxygen atoms in total. The fourth-order valence-electron chi connectivity index (χ4n) is 1.50. The van der Waals surface area contributed by atoms with Gasteiger partial charge in [-0.1, -0.05) is 23.7 Å². The van der Waals surface area contributed by atoms with Crippen LogP contribution in [0.5, 0.6) is 5.75 Å². The number of hydrogen-bond acceptors (Lipinski definition) is 3. The monoisotopic (exact) mass is 237 g/mol. The Morgan fingerprint density at radius 1 is 1.44 bits per heavy atom. The highest BCUT2D eigenvalue weighted by Gasteiger charge is 2.14. The molecular weight excluding hydrogens is 226 g/mol. The summed E-state index contributed by atoms with van der Waals surface area (Å²) < 4.78 is 5.20. The number of nitrogens with one attached hydrogen (secondary N) is 1. The molecule has 0 radical (unpaired) electrons. The highest BCUT2D eigenvalue weighted by atomic mass is 35.5. The minimum Gasteiger partial charge on any atom is -0.423 e. The predicted octanol–water partition coefficient (Wildman–Crippen LogP) is 2.17. The van der Waals surface area contributed by atoms with Crippen LogP contribution in [0.1, 0.15) is 6.42 Å². The highest BCUT2D eigenvalue weighted by Crippen LogP contribution is 2.18. The van der Waals surface area contributed by atoms with E-state index in [1.165, 1.54) is 0 Å². The molecule has 0 unspecified atom stereocenters. The van der Waals surface area contributed by atoms with Crippen LogP contribution in [0.3, 0.4) is 0 Å². The van der Waals surface area contributed by atoms with E-state index in [4.69, 9.17) is 16.3 Å². The molecule has 0 aromatic heterocycles. The largest absolute Gasteiger partial charge is 0.423 e. The van der Waals surface area contributed by atoms with Gasteiger partial charge in [-0.05, 0) is 31.2 Å². The number of carbonyl (C=O) groups is 1. The smallest absolute Gasteiger partial charge is 0.340 e. The second-order valence-corrected chi connectivity index (χ2v) is 3.98. The maximum absolute atomic E-state index is 11.7. The normalized spacial score (nSPS) is 15.4. The lowest BCUT2D eigenvalue weighted by atomic mass is 10.1. The van der Waals surface area contributed by atoms with E-state index in [0.29, 0.717) is 22.9 Å². The first-order chi connectivity index (χ1) is 7.75. The van der Waals surface area contributed by atoms with Crippen LogP contribution < -0.4 is 10.1 Å². The van der Waals surface area contributed by atoms with Gasteiger partial charge in [-0.15, -0.1) is 0 Å². The van der Waals surface area contributed by atoms with Gasteiger partial charge in [0.25, 0.3) is 0 Å². The Hall–Kier alpha value is -1.32. The van der Waals surface area contributed by atoms with E-state index in [1.54, 1.807) is 24.3 Å². The number of rotatable bonds is 2. The summed E-state index contributed by atoms with van der Waals surface area (Å²) in [6, 6.07) is 6.82. The second kappa shape index (κ2) is 5.14. The molecule has 1 heterocycles. The molecule has 1 aromatic rings. The Balaban J connectivity index is 2.04. The van der Waals surface area contributed by atoms with Crippen molar-refractivity contribution in [1.82, 2.24) is 5.32 Å². The molecule has 0 spiro atoms. The van der Waals surface area contributed by atoms with E-state index >= 15 is 0 Å². The Morgan fingerprint density at radius 3 is 3.00 bits per heavy atom. The average molecular weight is 238 g/mol. The highest BCUT2D eigenvalue weighted by molar-refractivity contribution is 6.30. The number of benzene rings is 1. The molecule has 0 saturated carbocycles. The first-order valence-electron chi connectivity index (χ1n) is 5.13. The summed E-state index contributed by atoms with van der Waals surface area (Å²) in [7, 11) is 0. The molecule has 0 saturated heterocycles. The molecule has 1 aliphatic heterocycles. The van der Waals surface area contributed by atoms with E-state index in [2.05, 4.69) is 5.32 Å². The molecule has 4 heteroatoms. The molecule has 0 aliphatic carbocycles. The van der Waals surface area contributed by atoms with Crippen LogP contribution in [-0.2, 0) is 4.79 Å². The second-order valence-electron chi connectivity index (χ2n) is 3.54. The molecule has 84 valence electrons. The SMILES string of the molecule is O=C(Oc1cccc(Cl)c1)C1=CCCNC1. The number of ether oxygens (including phenoxy) is 1. The van der Waals surface area contributed by atoms with Crippen LogP contribution in [0.2, 0.25) is 5.02 Å². The van der Waals surface area contributed by atoms with Crippen molar-refractivity contribution in [2.24, 2.45) is 0 Å². The molecule has 0 fully saturated rings. The first-order valence-corrected chi connectivity index (χ1v) is 5.51. The number of carbonyl (C=O) groups excluding carboxylic acids is 1. The van der Waals surface area contributed by atoms with Crippen LogP contribution in [0.4, 0.5) is 0 Å². The van der Waals surface area contributed by atoms with Crippen molar-refractivity contribution in [2.45, 2.75) is 6.42 Å². The summed E-state index contributed by atoms with van der Waals surface area (Å²) in [5.41, 5.74) is 0.672. The van der Waals surface area contributed by atoms with Gasteiger partial charge in [-0.3, -0.25) is 0 Å². The summed E-state index contributed by atoms with van der Waals surface area (Å²) in [6.45, 7) is 1.48. The third kappa shape index (κ3) is 2.84. The zero-order valence-corrected chi connectivity index (χ0v) is 9.46. The summed E-state index contributed by atoms with van der Waals surface area (Å²) in [5, 5.41) is 3.67. The Bertz CT molecular complexity index is 429. The molecular formula is C12H12ClNO2. The lowest BCUT2D eigenvalue weighted by Gasteiger charge is -2.13. The van der Waals surface area contributed by atoms with Gasteiger partial charge in [0.2, 0.25) is 0 Å². The maximum Gasteiger partial charge on any atom is 0.340 e. The lowest BCUT2D eigenvalue weighted by molar-refractivity contribution is -0.130. The third-order valence-corrected chi connectivity index (χ3v) is 2.53. The van der Waals surface area contributed by atoms with Gasteiger partial charge in [-0.2, -0.15) is 0 Å². The van der Waals surface area contributed by atoms with Crippen LogP contribution in [-0.4, -0.2) is 19.1 Å². The summed E-state index contributed by atoms with van der Waals surface area (Å²) in [5.74, 6) is 0.165. The van der Waals surface area contributed by atoms with Crippen molar-refractivity contribution >= 4 is 17.6 Å². The van der Waals surface area contributed by atoms with Gasteiger partial charge in [0, 0.05) is 17.1 Å². The Kier molecular flexibility index (Phi) is 3.59. The standard InChI is InChI=1S/C12H12ClNO2/c13-10-4-1-5-11(7-10)16-12(15)9-3-2-6-14-8-9/h1,3-5,7,14H,2,6,8H2. The zero-order valence-electron chi connectivity index (χ0n) is 8.70. The number of hydrogen-bond donors (Lipinski definition) is 1. The van der Waals surface area contributed by atoms with Gasteiger partial charge in [0.05, 0.1) is 0 Å². The van der Waals surface area contributed by atoms with Crippen molar-refractivity contribution in [1.29, 1.82) is 0 Å². The fraction of sp³-hybridized carbons (Fsp3) is 0.250. The Labute approximate surface area is 99.1 Å². The van der Waals surface area contributed by atoms with Gasteiger partial charge >= 0.3 is 5.97 Å². The first kappa shape index (κ1) is 11.2. The summed E-state index contributed by atoms with van der Waals surface area (Å²) in [4.78, 5) is 11.7. The van der Waals surface area contributed by atoms with Crippen molar-refractivity contribution in [3.63, 3.8) is 0 Å². The van der Waals surface area contributed by atoms with Crippen LogP contribution in [0, 0.1) is 0 Å². The van der Waals surface area contributed by atoms with Crippen molar-refractivity contribution in [2.75, 3.05) is 13.1 Å². The fourth-order valence-corrected chi connectivity index (χ4v) is 1.68. The lowest BCUT2D eigenvalue weighted by Crippen LogP contribution is -2.28. The molecule has 1 aliphatic rings. The predicted molar refractivity (Wildman–Crippen MR) is 62.7 cm³/mol. The molecule has 1 N–H and O–H groups in total. The number of halogens is 1. The van der Waals surface area contributed by atoms with Crippen LogP contribution in [0.15, 0.2) is 35.9 Å². The molecule has 0 amide bonds. The van der Waals surface area contributed by atoms with Gasteiger partial charge in [-0.25, -0.2) is 4.79 Å². The van der Waals surface area contributed by atoms with Gasteiger partial charge < -0.3 is 10.1 Å². The van der Waals surface area contributed by atoms with E-state index in [9.17, 15) is 4.79 Å². The summed E-state index contributed by atoms with van der Waals surface area (Å²) >= 11 is 5.80. The van der Waals surface area contributed by atoms with E-state index in [0.717, 1.165) is 13.0 Å². The quantitative estimate of drug-likeness (QED) is 0.633. The average Bonchev–Trinajstić information content (AvgIpc) is 2.30. The van der Waals surface area contributed by atoms with Crippen LogP contribution >= 0.6 is 11.6 Å². The van der Waals surface area contributed by atoms with Crippen molar-refractivity contribution in [3.05, 3.63) is 40.9 Å². The van der Waals surface area contributed by atoms with Crippen LogP contribution in [0.25, 0.3) is 0 Å². The topological polar surface area (TPSA) is 38.3 Å². The van der Waals surface area contributed by atoms with Crippen molar-refractivity contribution in [3.8, 4) is 5.75 Å². The summed E-state index contributed by atoms with van der Waals surface area (Å²) in [6.07, 6.45) is 2.77. The molecule has 2 rings (SSSR count). The molecule has 0 atom stereocenters. The van der Waals surface area contributed by atoms with Crippen molar-refractivity contribution < 1.29 is 9.53 Å². The molecule has 16 heavy (non-hydrogen) atoms. The molecule has 1 aromatic carbocycles. The zero-order chi connectivity index (χ0) is 11.4. The van der Waals surface area contributed by atoms with E-state index in [1.807, 2.05) is 6.08 Å².